The second-order valence-electron chi connectivity index (χ2n) is 3.93. The molecule has 0 amide bonds. The Labute approximate surface area is 104 Å². The lowest BCUT2D eigenvalue weighted by atomic mass is 10.2. The molecule has 16 heavy (non-hydrogen) atoms. The normalized spacial score (nSPS) is 12.9. The number of rotatable bonds is 4. The summed E-state index contributed by atoms with van der Waals surface area (Å²) in [4.78, 5) is 4.60. The standard InChI is InChI=1S/C13H15BrN2/c1-10(8-14)15-9-12-7-6-11-4-2-3-5-13(11)16-12/h2-7,10,15H,8-9H2,1H3. The number of hydrogen-bond acceptors (Lipinski definition) is 2. The number of alkyl halides is 1. The Kier molecular flexibility index (Phi) is 3.91. The fourth-order valence-corrected chi connectivity index (χ4v) is 1.77. The van der Waals surface area contributed by atoms with Gasteiger partial charge in [-0.2, -0.15) is 0 Å². The first kappa shape index (κ1) is 11.6. The summed E-state index contributed by atoms with van der Waals surface area (Å²) < 4.78 is 0. The quantitative estimate of drug-likeness (QED) is 0.870. The van der Waals surface area contributed by atoms with Gasteiger partial charge in [0.05, 0.1) is 11.2 Å². The number of hydrogen-bond donors (Lipinski definition) is 1. The van der Waals surface area contributed by atoms with E-state index in [9.17, 15) is 0 Å². The van der Waals surface area contributed by atoms with Crippen molar-refractivity contribution in [2.45, 2.75) is 19.5 Å². The fraction of sp³-hybridized carbons (Fsp3) is 0.308. The van der Waals surface area contributed by atoms with Crippen molar-refractivity contribution in [1.82, 2.24) is 10.3 Å². The molecule has 0 fully saturated rings. The zero-order valence-electron chi connectivity index (χ0n) is 9.28. The second kappa shape index (κ2) is 5.41. The van der Waals surface area contributed by atoms with Gasteiger partial charge in [0.2, 0.25) is 0 Å². The Balaban J connectivity index is 2.13. The molecule has 0 spiro atoms. The van der Waals surface area contributed by atoms with E-state index in [1.807, 2.05) is 18.2 Å². The molecule has 3 heteroatoms. The summed E-state index contributed by atoms with van der Waals surface area (Å²) in [5.74, 6) is 0. The minimum atomic E-state index is 0.466. The van der Waals surface area contributed by atoms with Gasteiger partial charge in [0.15, 0.2) is 0 Å². The summed E-state index contributed by atoms with van der Waals surface area (Å²) in [6.07, 6.45) is 0. The molecule has 0 saturated heterocycles. The number of nitrogens with zero attached hydrogens (tertiary/aromatic N) is 1. The second-order valence-corrected chi connectivity index (χ2v) is 4.58. The van der Waals surface area contributed by atoms with Crippen molar-refractivity contribution >= 4 is 26.8 Å². The third-order valence-corrected chi connectivity index (χ3v) is 3.49. The van der Waals surface area contributed by atoms with Crippen molar-refractivity contribution in [3.8, 4) is 0 Å². The van der Waals surface area contributed by atoms with Crippen LogP contribution < -0.4 is 5.32 Å². The molecule has 0 aliphatic rings. The first-order valence-electron chi connectivity index (χ1n) is 5.43. The predicted octanol–water partition coefficient (Wildman–Crippen LogP) is 3.11. The maximum absolute atomic E-state index is 4.60. The molecule has 0 bridgehead atoms. The van der Waals surface area contributed by atoms with Crippen LogP contribution in [0.25, 0.3) is 10.9 Å². The maximum Gasteiger partial charge on any atom is 0.0705 e. The Morgan fingerprint density at radius 2 is 2.06 bits per heavy atom. The molecule has 1 heterocycles. The number of aromatic nitrogens is 1. The first-order chi connectivity index (χ1) is 7.79. The minimum absolute atomic E-state index is 0.466. The number of benzene rings is 1. The van der Waals surface area contributed by atoms with Crippen molar-refractivity contribution in [2.24, 2.45) is 0 Å². The molecule has 1 aromatic heterocycles. The van der Waals surface area contributed by atoms with Crippen LogP contribution in [0.1, 0.15) is 12.6 Å². The number of para-hydroxylation sites is 1. The van der Waals surface area contributed by atoms with E-state index in [2.05, 4.69) is 51.4 Å². The van der Waals surface area contributed by atoms with Crippen molar-refractivity contribution in [3.05, 3.63) is 42.1 Å². The van der Waals surface area contributed by atoms with Gasteiger partial charge in [0.25, 0.3) is 0 Å². The highest BCUT2D eigenvalue weighted by Gasteiger charge is 2.01. The van der Waals surface area contributed by atoms with Crippen molar-refractivity contribution < 1.29 is 0 Å². The SMILES string of the molecule is CC(CBr)NCc1ccc2ccccc2n1. The highest BCUT2D eigenvalue weighted by Crippen LogP contribution is 2.11. The van der Waals surface area contributed by atoms with E-state index in [1.165, 1.54) is 5.39 Å². The predicted molar refractivity (Wildman–Crippen MR) is 71.8 cm³/mol. The topological polar surface area (TPSA) is 24.9 Å². The summed E-state index contributed by atoms with van der Waals surface area (Å²) >= 11 is 3.45. The van der Waals surface area contributed by atoms with Gasteiger partial charge in [0, 0.05) is 23.3 Å². The maximum atomic E-state index is 4.60. The van der Waals surface area contributed by atoms with Gasteiger partial charge < -0.3 is 5.32 Å². The summed E-state index contributed by atoms with van der Waals surface area (Å²) in [6.45, 7) is 2.97. The number of pyridine rings is 1. The van der Waals surface area contributed by atoms with Crippen LogP contribution >= 0.6 is 15.9 Å². The Morgan fingerprint density at radius 1 is 1.25 bits per heavy atom. The van der Waals surface area contributed by atoms with Gasteiger partial charge in [-0.3, -0.25) is 4.98 Å². The molecule has 0 radical (unpaired) electrons. The van der Waals surface area contributed by atoms with Crippen molar-refractivity contribution in [2.75, 3.05) is 5.33 Å². The third-order valence-electron chi connectivity index (χ3n) is 2.52. The van der Waals surface area contributed by atoms with Crippen LogP contribution in [-0.4, -0.2) is 16.4 Å². The lowest BCUT2D eigenvalue weighted by Gasteiger charge is -2.10. The van der Waals surface area contributed by atoms with Gasteiger partial charge in [-0.1, -0.05) is 40.2 Å². The van der Waals surface area contributed by atoms with Crippen LogP contribution in [0.5, 0.6) is 0 Å². The van der Waals surface area contributed by atoms with Gasteiger partial charge >= 0.3 is 0 Å². The van der Waals surface area contributed by atoms with Crippen LogP contribution in [0.3, 0.4) is 0 Å². The third kappa shape index (κ3) is 2.80. The van der Waals surface area contributed by atoms with Crippen LogP contribution in [0, 0.1) is 0 Å². The average molecular weight is 279 g/mol. The highest BCUT2D eigenvalue weighted by molar-refractivity contribution is 9.09. The smallest absolute Gasteiger partial charge is 0.0705 e. The van der Waals surface area contributed by atoms with E-state index in [1.54, 1.807) is 0 Å². The summed E-state index contributed by atoms with van der Waals surface area (Å²) in [6, 6.07) is 12.9. The van der Waals surface area contributed by atoms with E-state index < -0.39 is 0 Å². The van der Waals surface area contributed by atoms with Crippen molar-refractivity contribution in [3.63, 3.8) is 0 Å². The average Bonchev–Trinajstić information content (AvgIpc) is 2.35. The summed E-state index contributed by atoms with van der Waals surface area (Å²) in [7, 11) is 0. The highest BCUT2D eigenvalue weighted by atomic mass is 79.9. The molecule has 84 valence electrons. The van der Waals surface area contributed by atoms with Gasteiger partial charge in [0.1, 0.15) is 0 Å². The number of fused-ring (bicyclic) bond motifs is 1. The van der Waals surface area contributed by atoms with Crippen LogP contribution in [0.2, 0.25) is 0 Å². The van der Waals surface area contributed by atoms with Gasteiger partial charge in [-0.25, -0.2) is 0 Å². The molecule has 2 nitrogen and oxygen atoms in total. The largest absolute Gasteiger partial charge is 0.308 e. The number of halogens is 1. The summed E-state index contributed by atoms with van der Waals surface area (Å²) in [5.41, 5.74) is 2.15. The van der Waals surface area contributed by atoms with Crippen molar-refractivity contribution in [1.29, 1.82) is 0 Å². The van der Waals surface area contributed by atoms with E-state index in [0.29, 0.717) is 6.04 Å². The van der Waals surface area contributed by atoms with E-state index in [0.717, 1.165) is 23.1 Å². The monoisotopic (exact) mass is 278 g/mol. The zero-order valence-corrected chi connectivity index (χ0v) is 10.9. The Morgan fingerprint density at radius 3 is 2.88 bits per heavy atom. The first-order valence-corrected chi connectivity index (χ1v) is 6.56. The van der Waals surface area contributed by atoms with E-state index in [-0.39, 0.29) is 0 Å². The molecule has 1 aromatic carbocycles. The molecule has 0 aliphatic carbocycles. The lowest BCUT2D eigenvalue weighted by molar-refractivity contribution is 0.592. The zero-order chi connectivity index (χ0) is 11.4. The van der Waals surface area contributed by atoms with Gasteiger partial charge in [-0.15, -0.1) is 0 Å². The Bertz CT molecular complexity index is 470. The molecule has 0 saturated carbocycles. The van der Waals surface area contributed by atoms with Crippen LogP contribution in [0.4, 0.5) is 0 Å². The fourth-order valence-electron chi connectivity index (χ4n) is 1.54. The van der Waals surface area contributed by atoms with Gasteiger partial charge in [-0.05, 0) is 19.1 Å². The molecular weight excluding hydrogens is 264 g/mol. The Hall–Kier alpha value is -0.930. The van der Waals surface area contributed by atoms with E-state index in [4.69, 9.17) is 0 Å². The minimum Gasteiger partial charge on any atom is -0.308 e. The van der Waals surface area contributed by atoms with Crippen LogP contribution in [0.15, 0.2) is 36.4 Å². The number of nitrogens with one attached hydrogen (secondary N) is 1. The molecule has 0 aliphatic heterocycles. The van der Waals surface area contributed by atoms with Crippen LogP contribution in [-0.2, 0) is 6.54 Å². The molecule has 2 rings (SSSR count). The molecule has 2 aromatic rings. The summed E-state index contributed by atoms with van der Waals surface area (Å²) in [5, 5.41) is 5.56. The molecule has 1 atom stereocenters. The molecular formula is C13H15BrN2. The van der Waals surface area contributed by atoms with E-state index >= 15 is 0 Å². The lowest BCUT2D eigenvalue weighted by Crippen LogP contribution is -2.26. The molecule has 1 N–H and O–H groups in total. The molecule has 1 unspecified atom stereocenters.